The predicted molar refractivity (Wildman–Crippen MR) is 52.1 cm³/mol. The zero-order chi connectivity index (χ0) is 11.5. The number of amides is 1. The highest BCUT2D eigenvalue weighted by Crippen LogP contribution is 2.23. The number of nitrogens with two attached hydrogens (primary N) is 1. The lowest BCUT2D eigenvalue weighted by molar-refractivity contribution is -0.125. The monoisotopic (exact) mass is 216 g/mol. The van der Waals surface area contributed by atoms with E-state index >= 15 is 0 Å². The van der Waals surface area contributed by atoms with Gasteiger partial charge in [-0.3, -0.25) is 10.1 Å². The molecule has 0 aromatic rings. The Bertz CT molecular complexity index is 263. The molecule has 0 spiro atoms. The molecular weight excluding hydrogens is 200 g/mol. The molecule has 0 aliphatic carbocycles. The van der Waals surface area contributed by atoms with Crippen molar-refractivity contribution in [2.75, 3.05) is 20.3 Å². The fourth-order valence-corrected chi connectivity index (χ4v) is 1.59. The van der Waals surface area contributed by atoms with E-state index in [1.807, 2.05) is 0 Å². The summed E-state index contributed by atoms with van der Waals surface area (Å²) in [4.78, 5) is 22.5. The van der Waals surface area contributed by atoms with Gasteiger partial charge in [-0.25, -0.2) is 4.79 Å². The van der Waals surface area contributed by atoms with Gasteiger partial charge in [-0.05, 0) is 13.3 Å². The molecular formula is C9H16N2O4. The van der Waals surface area contributed by atoms with Gasteiger partial charge in [0, 0.05) is 12.5 Å². The van der Waals surface area contributed by atoms with Gasteiger partial charge in [-0.1, -0.05) is 0 Å². The maximum atomic E-state index is 11.5. The Hall–Kier alpha value is -1.14. The van der Waals surface area contributed by atoms with E-state index in [2.05, 4.69) is 10.1 Å². The van der Waals surface area contributed by atoms with Crippen LogP contribution in [-0.2, 0) is 14.3 Å². The quantitative estimate of drug-likeness (QED) is 0.628. The number of nitrogens with one attached hydrogen (secondary N) is 1. The first-order valence-corrected chi connectivity index (χ1v) is 4.74. The Morgan fingerprint density at radius 3 is 2.67 bits per heavy atom. The van der Waals surface area contributed by atoms with Gasteiger partial charge in [-0.15, -0.1) is 0 Å². The standard InChI is InChI=1S/C9H16N2O4/c1-6(12)9(10,11-8(13)14-2)7-3-4-15-5-7/h7H,3-5,10H2,1-2H3,(H,11,13)/t7?,9-/m1/s1. The van der Waals surface area contributed by atoms with E-state index in [0.717, 1.165) is 0 Å². The van der Waals surface area contributed by atoms with E-state index in [4.69, 9.17) is 10.5 Å². The molecule has 0 saturated carbocycles. The fourth-order valence-electron chi connectivity index (χ4n) is 1.59. The number of hydrogen-bond acceptors (Lipinski definition) is 5. The molecule has 1 aliphatic heterocycles. The summed E-state index contributed by atoms with van der Waals surface area (Å²) in [6.07, 6.45) is -0.0559. The van der Waals surface area contributed by atoms with Crippen molar-refractivity contribution >= 4 is 11.9 Å². The summed E-state index contributed by atoms with van der Waals surface area (Å²) in [5.41, 5.74) is 4.50. The van der Waals surface area contributed by atoms with Gasteiger partial charge in [0.2, 0.25) is 0 Å². The lowest BCUT2D eigenvalue weighted by atomic mass is 9.89. The molecule has 1 saturated heterocycles. The summed E-state index contributed by atoms with van der Waals surface area (Å²) < 4.78 is 9.58. The van der Waals surface area contributed by atoms with Crippen LogP contribution in [0, 0.1) is 5.92 Å². The molecule has 1 heterocycles. The number of ketones is 1. The van der Waals surface area contributed by atoms with Crippen LogP contribution in [0.15, 0.2) is 0 Å². The van der Waals surface area contributed by atoms with Crippen molar-refractivity contribution in [1.82, 2.24) is 5.32 Å². The first-order chi connectivity index (χ1) is 7.00. The zero-order valence-corrected chi connectivity index (χ0v) is 8.91. The van der Waals surface area contributed by atoms with E-state index < -0.39 is 11.8 Å². The van der Waals surface area contributed by atoms with Crippen LogP contribution in [0.25, 0.3) is 0 Å². The van der Waals surface area contributed by atoms with Gasteiger partial charge in [0.1, 0.15) is 0 Å². The van der Waals surface area contributed by atoms with Crippen LogP contribution in [0.2, 0.25) is 0 Å². The molecule has 1 rings (SSSR count). The topological polar surface area (TPSA) is 90.6 Å². The molecule has 3 N–H and O–H groups in total. The smallest absolute Gasteiger partial charge is 0.408 e. The van der Waals surface area contributed by atoms with Crippen LogP contribution < -0.4 is 11.1 Å². The second-order valence-electron chi connectivity index (χ2n) is 3.60. The zero-order valence-electron chi connectivity index (χ0n) is 8.91. The number of carbonyl (C=O) groups excluding carboxylic acids is 2. The first kappa shape index (κ1) is 11.9. The SMILES string of the molecule is COC(=O)N[C@](N)(C(C)=O)C1CCOC1. The molecule has 1 aliphatic rings. The highest BCUT2D eigenvalue weighted by atomic mass is 16.5. The second kappa shape index (κ2) is 4.59. The van der Waals surface area contributed by atoms with Crippen LogP contribution in [-0.4, -0.2) is 37.9 Å². The average molecular weight is 216 g/mol. The number of ether oxygens (including phenoxy) is 2. The molecule has 6 nitrogen and oxygen atoms in total. The molecule has 1 unspecified atom stereocenters. The van der Waals surface area contributed by atoms with Crippen molar-refractivity contribution < 1.29 is 19.1 Å². The van der Waals surface area contributed by atoms with Crippen LogP contribution in [0.4, 0.5) is 4.79 Å². The normalized spacial score (nSPS) is 24.3. The van der Waals surface area contributed by atoms with E-state index in [9.17, 15) is 9.59 Å². The summed E-state index contributed by atoms with van der Waals surface area (Å²) in [6.45, 7) is 2.27. The van der Waals surface area contributed by atoms with Gasteiger partial charge < -0.3 is 15.2 Å². The average Bonchev–Trinajstić information content (AvgIpc) is 2.70. The molecule has 1 fully saturated rings. The van der Waals surface area contributed by atoms with Crippen LogP contribution >= 0.6 is 0 Å². The summed E-state index contributed by atoms with van der Waals surface area (Å²) in [5.74, 6) is -0.502. The summed E-state index contributed by atoms with van der Waals surface area (Å²) in [5, 5.41) is 2.37. The minimum absolute atomic E-state index is 0.200. The van der Waals surface area contributed by atoms with E-state index in [0.29, 0.717) is 19.6 Å². The Morgan fingerprint density at radius 1 is 1.60 bits per heavy atom. The lowest BCUT2D eigenvalue weighted by Crippen LogP contribution is -2.65. The third-order valence-electron chi connectivity index (χ3n) is 2.65. The first-order valence-electron chi connectivity index (χ1n) is 4.74. The van der Waals surface area contributed by atoms with E-state index in [1.54, 1.807) is 0 Å². The van der Waals surface area contributed by atoms with Gasteiger partial charge >= 0.3 is 6.09 Å². The van der Waals surface area contributed by atoms with Crippen molar-refractivity contribution in [3.8, 4) is 0 Å². The van der Waals surface area contributed by atoms with E-state index in [-0.39, 0.29) is 11.7 Å². The molecule has 1 amide bonds. The number of alkyl carbamates (subject to hydrolysis) is 1. The van der Waals surface area contributed by atoms with Crippen LogP contribution in [0.1, 0.15) is 13.3 Å². The minimum atomic E-state index is -1.39. The van der Waals surface area contributed by atoms with Gasteiger partial charge in [0.15, 0.2) is 11.4 Å². The summed E-state index contributed by atoms with van der Waals surface area (Å²) in [6, 6.07) is 0. The van der Waals surface area contributed by atoms with Gasteiger partial charge in [-0.2, -0.15) is 0 Å². The molecule has 0 aromatic carbocycles. The summed E-state index contributed by atoms with van der Waals surface area (Å²) >= 11 is 0. The number of methoxy groups -OCH3 is 1. The van der Waals surface area contributed by atoms with E-state index in [1.165, 1.54) is 14.0 Å². The molecule has 15 heavy (non-hydrogen) atoms. The van der Waals surface area contributed by atoms with Crippen molar-refractivity contribution in [1.29, 1.82) is 0 Å². The van der Waals surface area contributed by atoms with Crippen LogP contribution in [0.3, 0.4) is 0 Å². The number of hydrogen-bond donors (Lipinski definition) is 2. The fraction of sp³-hybridized carbons (Fsp3) is 0.778. The maximum Gasteiger partial charge on any atom is 0.408 e. The third kappa shape index (κ3) is 2.45. The second-order valence-corrected chi connectivity index (χ2v) is 3.60. The van der Waals surface area contributed by atoms with Crippen molar-refractivity contribution in [3.63, 3.8) is 0 Å². The Kier molecular flexibility index (Phi) is 3.65. The van der Waals surface area contributed by atoms with Crippen molar-refractivity contribution in [2.24, 2.45) is 11.7 Å². The predicted octanol–water partition coefficient (Wildman–Crippen LogP) is -0.377. The number of Topliss-reactive ketones (excluding diaryl/α,β-unsaturated/α-hetero) is 1. The highest BCUT2D eigenvalue weighted by Gasteiger charge is 2.43. The molecule has 0 aromatic heterocycles. The minimum Gasteiger partial charge on any atom is -0.453 e. The largest absolute Gasteiger partial charge is 0.453 e. The number of carbonyl (C=O) groups is 2. The summed E-state index contributed by atoms with van der Waals surface area (Å²) in [7, 11) is 1.22. The Labute approximate surface area is 88.1 Å². The Balaban J connectivity index is 2.77. The van der Waals surface area contributed by atoms with Gasteiger partial charge in [0.25, 0.3) is 0 Å². The highest BCUT2D eigenvalue weighted by molar-refractivity contribution is 5.89. The van der Waals surface area contributed by atoms with Gasteiger partial charge in [0.05, 0.1) is 13.7 Å². The lowest BCUT2D eigenvalue weighted by Gasteiger charge is -2.32. The molecule has 0 radical (unpaired) electrons. The molecule has 0 bridgehead atoms. The Morgan fingerprint density at radius 2 is 2.27 bits per heavy atom. The van der Waals surface area contributed by atoms with Crippen molar-refractivity contribution in [3.05, 3.63) is 0 Å². The third-order valence-corrected chi connectivity index (χ3v) is 2.65. The maximum absolute atomic E-state index is 11.5. The molecule has 6 heteroatoms. The molecule has 2 atom stereocenters. The van der Waals surface area contributed by atoms with Crippen LogP contribution in [0.5, 0.6) is 0 Å². The molecule has 86 valence electrons. The van der Waals surface area contributed by atoms with Crippen molar-refractivity contribution in [2.45, 2.75) is 19.0 Å². The number of rotatable bonds is 3.